The molecule has 0 saturated carbocycles. The molecule has 0 bridgehead atoms. The molecule has 2 atom stereocenters. The van der Waals surface area contributed by atoms with Crippen molar-refractivity contribution in [2.24, 2.45) is 10.9 Å². The molecule has 2 heterocycles. The van der Waals surface area contributed by atoms with Gasteiger partial charge in [0, 0.05) is 16.8 Å². The number of H-pyrrole nitrogens is 1. The predicted molar refractivity (Wildman–Crippen MR) is 124 cm³/mol. The van der Waals surface area contributed by atoms with Gasteiger partial charge in [0.05, 0.1) is 17.8 Å². The summed E-state index contributed by atoms with van der Waals surface area (Å²) < 4.78 is 0. The highest BCUT2D eigenvalue weighted by atomic mass is 16.2. The summed E-state index contributed by atoms with van der Waals surface area (Å²) >= 11 is 0. The largest absolute Gasteiger partial charge is 0.341 e. The number of carbonyl (C=O) groups excluding carboxylic acids is 2. The van der Waals surface area contributed by atoms with Gasteiger partial charge < -0.3 is 10.6 Å². The molecule has 0 spiro atoms. The number of rotatable bonds is 4. The van der Waals surface area contributed by atoms with Crippen LogP contribution in [0.5, 0.6) is 0 Å². The molecule has 1 aliphatic rings. The van der Waals surface area contributed by atoms with E-state index in [0.717, 1.165) is 27.6 Å². The quantitative estimate of drug-likeness (QED) is 0.443. The smallest absolute Gasteiger partial charge is 0.328 e. The Morgan fingerprint density at radius 2 is 1.78 bits per heavy atom. The Labute approximate surface area is 184 Å². The summed E-state index contributed by atoms with van der Waals surface area (Å²) in [6.45, 7) is 1.72. The molecule has 3 N–H and O–H groups in total. The molecule has 0 radical (unpaired) electrons. The number of hydrogen-bond donors (Lipinski definition) is 3. The number of nitrogens with one attached hydrogen (secondary N) is 3. The third-order valence-electron chi connectivity index (χ3n) is 5.68. The third-order valence-corrected chi connectivity index (χ3v) is 5.68. The van der Waals surface area contributed by atoms with Gasteiger partial charge >= 0.3 is 6.03 Å². The van der Waals surface area contributed by atoms with E-state index in [1.165, 1.54) is 0 Å². The SMILES string of the molecule is CC1=NC(=O)NC(c2cccc(-c3ccccc3)c2)C1C(=O)Nc1ccc2[nH]ncc2c1. The normalized spacial score (nSPS) is 18.2. The predicted octanol–water partition coefficient (Wildman–Crippen LogP) is 4.71. The van der Waals surface area contributed by atoms with Gasteiger partial charge in [-0.3, -0.25) is 9.89 Å². The molecular weight excluding hydrogens is 402 g/mol. The second-order valence-corrected chi connectivity index (χ2v) is 7.81. The van der Waals surface area contributed by atoms with Crippen molar-refractivity contribution >= 4 is 34.2 Å². The summed E-state index contributed by atoms with van der Waals surface area (Å²) in [6, 6.07) is 22.4. The fourth-order valence-electron chi connectivity index (χ4n) is 4.12. The number of aromatic nitrogens is 2. The zero-order chi connectivity index (χ0) is 22.1. The van der Waals surface area contributed by atoms with Gasteiger partial charge in [-0.1, -0.05) is 48.5 Å². The first-order chi connectivity index (χ1) is 15.6. The molecule has 4 aromatic rings. The van der Waals surface area contributed by atoms with Crippen LogP contribution in [-0.4, -0.2) is 27.8 Å². The number of carbonyl (C=O) groups is 2. The van der Waals surface area contributed by atoms with Crippen LogP contribution in [0.2, 0.25) is 0 Å². The van der Waals surface area contributed by atoms with Gasteiger partial charge in [0.25, 0.3) is 0 Å². The Balaban J connectivity index is 1.47. The number of benzene rings is 3. The van der Waals surface area contributed by atoms with Crippen molar-refractivity contribution in [2.45, 2.75) is 13.0 Å². The number of hydrogen-bond acceptors (Lipinski definition) is 3. The first-order valence-corrected chi connectivity index (χ1v) is 10.3. The van der Waals surface area contributed by atoms with Crippen molar-refractivity contribution in [2.75, 3.05) is 5.32 Å². The molecule has 0 saturated heterocycles. The Kier molecular flexibility index (Phi) is 4.99. The van der Waals surface area contributed by atoms with Crippen molar-refractivity contribution in [3.8, 4) is 11.1 Å². The lowest BCUT2D eigenvalue weighted by Gasteiger charge is -2.30. The third kappa shape index (κ3) is 3.76. The van der Waals surface area contributed by atoms with Crippen LogP contribution in [0.25, 0.3) is 22.0 Å². The maximum atomic E-state index is 13.3. The molecule has 32 heavy (non-hydrogen) atoms. The second-order valence-electron chi connectivity index (χ2n) is 7.81. The van der Waals surface area contributed by atoms with E-state index in [-0.39, 0.29) is 5.91 Å². The monoisotopic (exact) mass is 423 g/mol. The summed E-state index contributed by atoms with van der Waals surface area (Å²) in [7, 11) is 0. The van der Waals surface area contributed by atoms with Crippen LogP contribution in [0.15, 0.2) is 84.0 Å². The summed E-state index contributed by atoms with van der Waals surface area (Å²) in [4.78, 5) is 29.6. The lowest BCUT2D eigenvalue weighted by molar-refractivity contribution is -0.118. The molecule has 3 aromatic carbocycles. The molecule has 1 aliphatic heterocycles. The Bertz CT molecular complexity index is 1340. The van der Waals surface area contributed by atoms with E-state index in [1.807, 2.05) is 72.8 Å². The van der Waals surface area contributed by atoms with Gasteiger partial charge in [0.2, 0.25) is 5.91 Å². The molecule has 3 amide bonds. The van der Waals surface area contributed by atoms with Crippen molar-refractivity contribution in [1.29, 1.82) is 0 Å². The van der Waals surface area contributed by atoms with E-state index in [1.54, 1.807) is 13.1 Å². The Morgan fingerprint density at radius 3 is 2.62 bits per heavy atom. The molecule has 1 aromatic heterocycles. The average molecular weight is 423 g/mol. The summed E-state index contributed by atoms with van der Waals surface area (Å²) in [6.07, 6.45) is 1.70. The molecule has 7 heteroatoms. The van der Waals surface area contributed by atoms with Crippen LogP contribution in [-0.2, 0) is 4.79 Å². The Morgan fingerprint density at radius 1 is 0.969 bits per heavy atom. The van der Waals surface area contributed by atoms with Gasteiger partial charge in [-0.25, -0.2) is 9.79 Å². The molecule has 5 rings (SSSR count). The number of fused-ring (bicyclic) bond motifs is 1. The molecule has 2 unspecified atom stereocenters. The van der Waals surface area contributed by atoms with Crippen LogP contribution in [0.4, 0.5) is 10.5 Å². The lowest BCUT2D eigenvalue weighted by atomic mass is 9.86. The maximum Gasteiger partial charge on any atom is 0.341 e. The van der Waals surface area contributed by atoms with Gasteiger partial charge in [-0.05, 0) is 47.9 Å². The number of aliphatic imine (C=N–C) groups is 1. The second kappa shape index (κ2) is 8.11. The summed E-state index contributed by atoms with van der Waals surface area (Å²) in [5.74, 6) is -0.872. The van der Waals surface area contributed by atoms with E-state index in [9.17, 15) is 9.59 Å². The standard InChI is InChI=1S/C25H21N5O2/c1-15-22(24(31)28-20-10-11-21-19(13-20)14-26-30-21)23(29-25(32)27-15)18-9-5-8-17(12-18)16-6-3-2-4-7-16/h2-14,22-23H,1H3,(H,26,30)(H,28,31)(H,29,32). The molecule has 0 aliphatic carbocycles. The summed E-state index contributed by atoms with van der Waals surface area (Å²) in [5, 5.41) is 13.7. The fraction of sp³-hybridized carbons (Fsp3) is 0.120. The molecule has 0 fully saturated rings. The lowest BCUT2D eigenvalue weighted by Crippen LogP contribution is -2.45. The Hall–Kier alpha value is -4.26. The zero-order valence-electron chi connectivity index (χ0n) is 17.4. The van der Waals surface area contributed by atoms with Gasteiger partial charge in [-0.15, -0.1) is 0 Å². The van der Waals surface area contributed by atoms with Crippen LogP contribution in [0.3, 0.4) is 0 Å². The number of nitrogens with zero attached hydrogens (tertiary/aromatic N) is 2. The highest BCUT2D eigenvalue weighted by molar-refractivity contribution is 6.13. The van der Waals surface area contributed by atoms with Crippen LogP contribution >= 0.6 is 0 Å². The van der Waals surface area contributed by atoms with Gasteiger partial charge in [0.15, 0.2) is 0 Å². The topological polar surface area (TPSA) is 99.2 Å². The van der Waals surface area contributed by atoms with Gasteiger partial charge in [-0.2, -0.15) is 5.10 Å². The van der Waals surface area contributed by atoms with Gasteiger partial charge in [0.1, 0.15) is 5.92 Å². The number of amides is 3. The van der Waals surface area contributed by atoms with Crippen molar-refractivity contribution in [3.63, 3.8) is 0 Å². The first-order valence-electron chi connectivity index (χ1n) is 10.3. The minimum Gasteiger partial charge on any atom is -0.328 e. The van der Waals surface area contributed by atoms with Crippen molar-refractivity contribution < 1.29 is 9.59 Å². The van der Waals surface area contributed by atoms with E-state index >= 15 is 0 Å². The van der Waals surface area contributed by atoms with Crippen molar-refractivity contribution in [1.82, 2.24) is 15.5 Å². The van der Waals surface area contributed by atoms with Crippen LogP contribution in [0.1, 0.15) is 18.5 Å². The number of anilines is 1. The first kappa shape index (κ1) is 19.7. The van der Waals surface area contributed by atoms with E-state index in [4.69, 9.17) is 0 Å². The molecular formula is C25H21N5O2. The van der Waals surface area contributed by atoms with E-state index < -0.39 is 18.0 Å². The van der Waals surface area contributed by atoms with E-state index in [0.29, 0.717) is 11.4 Å². The summed E-state index contributed by atoms with van der Waals surface area (Å²) in [5.41, 5.74) is 4.95. The molecule has 158 valence electrons. The van der Waals surface area contributed by atoms with E-state index in [2.05, 4.69) is 25.8 Å². The molecule has 7 nitrogen and oxygen atoms in total. The maximum absolute atomic E-state index is 13.3. The highest BCUT2D eigenvalue weighted by Gasteiger charge is 2.37. The highest BCUT2D eigenvalue weighted by Crippen LogP contribution is 2.31. The minimum atomic E-state index is -0.640. The van der Waals surface area contributed by atoms with Crippen molar-refractivity contribution in [3.05, 3.63) is 84.6 Å². The average Bonchev–Trinajstić information content (AvgIpc) is 3.27. The van der Waals surface area contributed by atoms with Crippen LogP contribution < -0.4 is 10.6 Å². The minimum absolute atomic E-state index is 0.232. The van der Waals surface area contributed by atoms with Crippen LogP contribution in [0, 0.1) is 5.92 Å². The fourth-order valence-corrected chi connectivity index (χ4v) is 4.12. The number of aromatic amines is 1. The number of urea groups is 1. The zero-order valence-corrected chi connectivity index (χ0v) is 17.4.